The van der Waals surface area contributed by atoms with Crippen molar-refractivity contribution in [3.8, 4) is 0 Å². The molecule has 5 nitrogen and oxygen atoms in total. The monoisotopic (exact) mass is 287 g/mol. The van der Waals surface area contributed by atoms with Crippen molar-refractivity contribution in [3.05, 3.63) is 0 Å². The van der Waals surface area contributed by atoms with E-state index in [4.69, 9.17) is 4.74 Å². The number of hydrogen-bond acceptors (Lipinski definition) is 5. The van der Waals surface area contributed by atoms with E-state index in [1.807, 2.05) is 20.9 Å². The summed E-state index contributed by atoms with van der Waals surface area (Å²) in [6, 6.07) is 0. The lowest BCUT2D eigenvalue weighted by molar-refractivity contribution is -0.150. The zero-order valence-corrected chi connectivity index (χ0v) is 14.2. The first-order valence-electron chi connectivity index (χ1n) is 7.55. The number of ether oxygens (including phenoxy) is 1. The second-order valence-corrected chi connectivity index (χ2v) is 5.87. The van der Waals surface area contributed by atoms with Crippen molar-refractivity contribution >= 4 is 5.97 Å². The maximum atomic E-state index is 11.9. The van der Waals surface area contributed by atoms with Crippen molar-refractivity contribution in [2.75, 3.05) is 54.4 Å². The van der Waals surface area contributed by atoms with E-state index in [1.165, 1.54) is 6.42 Å². The lowest BCUT2D eigenvalue weighted by atomic mass is 9.96. The third-order valence-electron chi connectivity index (χ3n) is 3.64. The first kappa shape index (κ1) is 19.4. The molecule has 0 aliphatic heterocycles. The van der Waals surface area contributed by atoms with Gasteiger partial charge in [0.25, 0.3) is 0 Å². The lowest BCUT2D eigenvalue weighted by Crippen LogP contribution is -2.49. The number of hydrogen-bond donors (Lipinski definition) is 1. The van der Waals surface area contributed by atoms with E-state index in [2.05, 4.69) is 36.3 Å². The number of rotatable bonds is 11. The number of nitrogens with zero attached hydrogens (tertiary/aromatic N) is 2. The van der Waals surface area contributed by atoms with Crippen LogP contribution in [0.3, 0.4) is 0 Å². The summed E-state index contributed by atoms with van der Waals surface area (Å²) in [5, 5.41) is 3.10. The zero-order chi connectivity index (χ0) is 15.6. The molecule has 0 aromatic heterocycles. The molecule has 0 radical (unpaired) electrons. The topological polar surface area (TPSA) is 44.8 Å². The molecule has 5 heteroatoms. The Hall–Kier alpha value is -0.650. The lowest BCUT2D eigenvalue weighted by Gasteiger charge is -2.27. The van der Waals surface area contributed by atoms with Gasteiger partial charge in [-0.3, -0.25) is 4.79 Å². The highest BCUT2D eigenvalue weighted by molar-refractivity contribution is 5.80. The van der Waals surface area contributed by atoms with E-state index in [1.54, 1.807) is 0 Å². The average Bonchev–Trinajstić information content (AvgIpc) is 2.38. The van der Waals surface area contributed by atoms with Gasteiger partial charge < -0.3 is 19.9 Å². The highest BCUT2D eigenvalue weighted by Gasteiger charge is 2.32. The van der Waals surface area contributed by atoms with E-state index in [9.17, 15) is 4.79 Å². The molecule has 120 valence electrons. The van der Waals surface area contributed by atoms with Crippen molar-refractivity contribution in [1.82, 2.24) is 15.1 Å². The summed E-state index contributed by atoms with van der Waals surface area (Å²) >= 11 is 0. The number of likely N-dealkylation sites (N-methyl/N-ethyl adjacent to an activating group) is 1. The summed E-state index contributed by atoms with van der Waals surface area (Å²) in [7, 11) is 8.14. The molecule has 0 fully saturated rings. The van der Waals surface area contributed by atoms with Gasteiger partial charge in [-0.1, -0.05) is 0 Å². The molecule has 1 atom stereocenters. The maximum absolute atomic E-state index is 11.9. The fourth-order valence-corrected chi connectivity index (χ4v) is 2.09. The van der Waals surface area contributed by atoms with Gasteiger partial charge in [0.15, 0.2) is 0 Å². The van der Waals surface area contributed by atoms with Crippen LogP contribution in [0.2, 0.25) is 0 Å². The second-order valence-electron chi connectivity index (χ2n) is 5.87. The summed E-state index contributed by atoms with van der Waals surface area (Å²) < 4.78 is 5.13. The van der Waals surface area contributed by atoms with Crippen LogP contribution in [0.1, 0.15) is 33.1 Å². The average molecular weight is 287 g/mol. The van der Waals surface area contributed by atoms with Gasteiger partial charge in [-0.05, 0) is 80.9 Å². The van der Waals surface area contributed by atoms with Crippen LogP contribution in [0, 0.1) is 0 Å². The van der Waals surface area contributed by atoms with E-state index in [0.717, 1.165) is 32.5 Å². The van der Waals surface area contributed by atoms with Crippen molar-refractivity contribution in [3.63, 3.8) is 0 Å². The van der Waals surface area contributed by atoms with Crippen LogP contribution in [0.4, 0.5) is 0 Å². The molecule has 0 rings (SSSR count). The Kier molecular flexibility index (Phi) is 9.80. The molecule has 1 unspecified atom stereocenters. The molecule has 0 spiro atoms. The van der Waals surface area contributed by atoms with Crippen molar-refractivity contribution in [2.45, 2.75) is 38.6 Å². The van der Waals surface area contributed by atoms with E-state index >= 15 is 0 Å². The van der Waals surface area contributed by atoms with Crippen LogP contribution in [-0.2, 0) is 9.53 Å². The highest BCUT2D eigenvalue weighted by atomic mass is 16.5. The molecule has 0 aliphatic rings. The summed E-state index contributed by atoms with van der Waals surface area (Å²) in [5.41, 5.74) is -0.569. The largest absolute Gasteiger partial charge is 0.465 e. The molecule has 0 aromatic carbocycles. The minimum Gasteiger partial charge on any atom is -0.465 e. The number of carbonyl (C=O) groups is 1. The van der Waals surface area contributed by atoms with Gasteiger partial charge in [0.05, 0.1) is 6.61 Å². The summed E-state index contributed by atoms with van der Waals surface area (Å²) in [4.78, 5) is 16.4. The minimum absolute atomic E-state index is 0.155. The van der Waals surface area contributed by atoms with Crippen LogP contribution in [0.5, 0.6) is 0 Å². The van der Waals surface area contributed by atoms with Gasteiger partial charge in [0.1, 0.15) is 5.54 Å². The second kappa shape index (κ2) is 10.1. The van der Waals surface area contributed by atoms with Crippen molar-refractivity contribution in [1.29, 1.82) is 0 Å². The van der Waals surface area contributed by atoms with E-state index in [-0.39, 0.29) is 5.97 Å². The molecule has 1 N–H and O–H groups in total. The van der Waals surface area contributed by atoms with Crippen LogP contribution < -0.4 is 5.32 Å². The van der Waals surface area contributed by atoms with Crippen LogP contribution in [-0.4, -0.2) is 75.7 Å². The SMILES string of the molecule is CCOC(=O)C(C)(CCCN(C)CCCN(C)C)NC. The Morgan fingerprint density at radius 3 is 2.25 bits per heavy atom. The number of esters is 1. The summed E-state index contributed by atoms with van der Waals surface area (Å²) in [6.45, 7) is 7.39. The molecule has 20 heavy (non-hydrogen) atoms. The third-order valence-corrected chi connectivity index (χ3v) is 3.64. The third kappa shape index (κ3) is 7.82. The van der Waals surface area contributed by atoms with Crippen LogP contribution >= 0.6 is 0 Å². The molecule has 0 amide bonds. The minimum atomic E-state index is -0.569. The number of nitrogens with one attached hydrogen (secondary N) is 1. The molecule has 0 bridgehead atoms. The van der Waals surface area contributed by atoms with E-state index < -0.39 is 5.54 Å². The van der Waals surface area contributed by atoms with Gasteiger partial charge in [-0.2, -0.15) is 0 Å². The van der Waals surface area contributed by atoms with Gasteiger partial charge in [0.2, 0.25) is 0 Å². The first-order valence-corrected chi connectivity index (χ1v) is 7.55. The normalized spacial score (nSPS) is 14.6. The smallest absolute Gasteiger partial charge is 0.326 e. The Bertz CT molecular complexity index is 272. The first-order chi connectivity index (χ1) is 9.35. The van der Waals surface area contributed by atoms with Crippen molar-refractivity contribution in [2.24, 2.45) is 0 Å². The predicted octanol–water partition coefficient (Wildman–Crippen LogP) is 1.19. The molecule has 0 saturated carbocycles. The fraction of sp³-hybridized carbons (Fsp3) is 0.933. The zero-order valence-electron chi connectivity index (χ0n) is 14.2. The number of carbonyl (C=O) groups excluding carboxylic acids is 1. The highest BCUT2D eigenvalue weighted by Crippen LogP contribution is 2.14. The van der Waals surface area contributed by atoms with Crippen molar-refractivity contribution < 1.29 is 9.53 Å². The van der Waals surface area contributed by atoms with Gasteiger partial charge in [-0.25, -0.2) is 0 Å². The molecular formula is C15H33N3O2. The molecular weight excluding hydrogens is 254 g/mol. The maximum Gasteiger partial charge on any atom is 0.326 e. The molecule has 0 heterocycles. The summed E-state index contributed by atoms with van der Waals surface area (Å²) in [5.74, 6) is -0.155. The van der Waals surface area contributed by atoms with Gasteiger partial charge in [0, 0.05) is 0 Å². The van der Waals surface area contributed by atoms with Crippen LogP contribution in [0.25, 0.3) is 0 Å². The van der Waals surface area contributed by atoms with Gasteiger partial charge >= 0.3 is 5.97 Å². The quantitative estimate of drug-likeness (QED) is 0.578. The van der Waals surface area contributed by atoms with Crippen LogP contribution in [0.15, 0.2) is 0 Å². The molecule has 0 aromatic rings. The Balaban J connectivity index is 3.97. The van der Waals surface area contributed by atoms with E-state index in [0.29, 0.717) is 6.61 Å². The standard InChI is InChI=1S/C15H33N3O2/c1-7-20-14(19)15(2,16-3)10-8-12-18(6)13-9-11-17(4)5/h16H,7-13H2,1-6H3. The summed E-state index contributed by atoms with van der Waals surface area (Å²) in [6.07, 6.45) is 2.94. The fourth-order valence-electron chi connectivity index (χ4n) is 2.09. The van der Waals surface area contributed by atoms with Gasteiger partial charge in [-0.15, -0.1) is 0 Å². The predicted molar refractivity (Wildman–Crippen MR) is 84.0 cm³/mol. The Labute approximate surface area is 124 Å². The molecule has 0 aliphatic carbocycles. The Morgan fingerprint density at radius 1 is 1.15 bits per heavy atom. The Morgan fingerprint density at radius 2 is 1.75 bits per heavy atom. The molecule has 0 saturated heterocycles.